The Morgan fingerprint density at radius 3 is 2.29 bits per heavy atom. The lowest BCUT2D eigenvalue weighted by atomic mass is 10.0. The number of carbonyl (C=O) groups excluding carboxylic acids is 1. The summed E-state index contributed by atoms with van der Waals surface area (Å²) in [4.78, 5) is 10.6. The molecule has 0 fully saturated rings. The molecule has 0 heterocycles. The second kappa shape index (κ2) is 4.33. The summed E-state index contributed by atoms with van der Waals surface area (Å²) in [5.41, 5.74) is 0.304. The monoisotopic (exact) mass is 232 g/mol. The molecule has 4 heteroatoms. The predicted molar refractivity (Wildman–Crippen MR) is 63.6 cm³/mol. The highest BCUT2D eigenvalue weighted by Gasteiger charge is 2.18. The van der Waals surface area contributed by atoms with Crippen LogP contribution in [0.15, 0.2) is 24.3 Å². The van der Waals surface area contributed by atoms with Crippen LogP contribution >= 0.6 is 0 Å². The maximum absolute atomic E-state index is 10.6. The Morgan fingerprint density at radius 1 is 1.18 bits per heavy atom. The van der Waals surface area contributed by atoms with Gasteiger partial charge in [0, 0.05) is 22.8 Å². The van der Waals surface area contributed by atoms with Crippen molar-refractivity contribution in [1.29, 1.82) is 0 Å². The summed E-state index contributed by atoms with van der Waals surface area (Å²) in [6.45, 7) is 0. The minimum atomic E-state index is -0.0576. The van der Waals surface area contributed by atoms with Crippen LogP contribution in [-0.4, -0.2) is 23.6 Å². The molecule has 0 atom stereocenters. The van der Waals surface area contributed by atoms with Gasteiger partial charge in [0.25, 0.3) is 0 Å². The highest BCUT2D eigenvalue weighted by atomic mass is 16.5. The summed E-state index contributed by atoms with van der Waals surface area (Å²) in [7, 11) is 1.39. The van der Waals surface area contributed by atoms with E-state index in [-0.39, 0.29) is 23.7 Å². The summed E-state index contributed by atoms with van der Waals surface area (Å²) in [5.74, 6) is 0.0633. The molecule has 0 bridgehead atoms. The SMILES string of the molecule is COc1c(CC=O)c(O)c2ccccc2c1O. The third-order valence-corrected chi connectivity index (χ3v) is 2.70. The van der Waals surface area contributed by atoms with Gasteiger partial charge in [-0.05, 0) is 0 Å². The summed E-state index contributed by atoms with van der Waals surface area (Å²) < 4.78 is 5.05. The quantitative estimate of drug-likeness (QED) is 0.627. The zero-order valence-corrected chi connectivity index (χ0v) is 9.30. The van der Waals surface area contributed by atoms with Crippen LogP contribution in [0.25, 0.3) is 10.8 Å². The number of fused-ring (bicyclic) bond motifs is 1. The molecular weight excluding hydrogens is 220 g/mol. The highest BCUT2D eigenvalue weighted by molar-refractivity contribution is 5.97. The Kier molecular flexibility index (Phi) is 2.87. The van der Waals surface area contributed by atoms with E-state index in [0.717, 1.165) is 0 Å². The maximum Gasteiger partial charge on any atom is 0.168 e. The molecular formula is C13H12O4. The minimum Gasteiger partial charge on any atom is -0.507 e. The summed E-state index contributed by atoms with van der Waals surface area (Å²) >= 11 is 0. The van der Waals surface area contributed by atoms with Gasteiger partial charge < -0.3 is 19.7 Å². The molecule has 2 rings (SSSR count). The molecule has 0 amide bonds. The zero-order valence-electron chi connectivity index (χ0n) is 9.30. The van der Waals surface area contributed by atoms with Crippen molar-refractivity contribution in [1.82, 2.24) is 0 Å². The van der Waals surface area contributed by atoms with Crippen LogP contribution in [-0.2, 0) is 11.2 Å². The van der Waals surface area contributed by atoms with Crippen molar-refractivity contribution in [3.63, 3.8) is 0 Å². The van der Waals surface area contributed by atoms with E-state index < -0.39 is 0 Å². The molecule has 0 spiro atoms. The van der Waals surface area contributed by atoms with E-state index in [1.165, 1.54) is 7.11 Å². The van der Waals surface area contributed by atoms with E-state index in [1.54, 1.807) is 24.3 Å². The Hall–Kier alpha value is -2.23. The van der Waals surface area contributed by atoms with Gasteiger partial charge in [-0.3, -0.25) is 0 Å². The van der Waals surface area contributed by atoms with Crippen molar-refractivity contribution in [3.8, 4) is 17.2 Å². The van der Waals surface area contributed by atoms with Crippen LogP contribution in [0.2, 0.25) is 0 Å². The van der Waals surface area contributed by atoms with Crippen LogP contribution in [0.3, 0.4) is 0 Å². The first-order valence-corrected chi connectivity index (χ1v) is 5.13. The van der Waals surface area contributed by atoms with Crippen molar-refractivity contribution in [3.05, 3.63) is 29.8 Å². The van der Waals surface area contributed by atoms with E-state index in [4.69, 9.17) is 4.74 Å². The molecule has 0 saturated carbocycles. The van der Waals surface area contributed by atoms with Gasteiger partial charge in [0.1, 0.15) is 12.0 Å². The molecule has 2 aromatic carbocycles. The lowest BCUT2D eigenvalue weighted by Crippen LogP contribution is -1.95. The fourth-order valence-corrected chi connectivity index (χ4v) is 1.92. The summed E-state index contributed by atoms with van der Waals surface area (Å²) in [6.07, 6.45) is 0.652. The molecule has 88 valence electrons. The number of hydrogen-bond donors (Lipinski definition) is 2. The van der Waals surface area contributed by atoms with Gasteiger partial charge in [0.05, 0.1) is 7.11 Å². The van der Waals surface area contributed by atoms with Gasteiger partial charge in [0.2, 0.25) is 0 Å². The number of phenolic OH excluding ortho intramolecular Hbond substituents is 2. The van der Waals surface area contributed by atoms with Crippen molar-refractivity contribution in [2.75, 3.05) is 7.11 Å². The zero-order chi connectivity index (χ0) is 12.4. The van der Waals surface area contributed by atoms with Crippen LogP contribution < -0.4 is 4.74 Å². The molecule has 0 saturated heterocycles. The third kappa shape index (κ3) is 1.67. The molecule has 0 aliphatic heterocycles. The summed E-state index contributed by atoms with van der Waals surface area (Å²) in [5, 5.41) is 21.1. The van der Waals surface area contributed by atoms with E-state index in [1.807, 2.05) is 0 Å². The third-order valence-electron chi connectivity index (χ3n) is 2.70. The number of ether oxygens (including phenoxy) is 1. The number of carbonyl (C=O) groups is 1. The average molecular weight is 232 g/mol. The number of aldehydes is 1. The molecule has 17 heavy (non-hydrogen) atoms. The van der Waals surface area contributed by atoms with Crippen molar-refractivity contribution in [2.24, 2.45) is 0 Å². The predicted octanol–water partition coefficient (Wildman–Crippen LogP) is 2.00. The standard InChI is InChI=1S/C13H12O4/c1-17-13-10(6-7-14)11(15)8-4-2-3-5-9(8)12(13)16/h2-5,7,15-16H,6H2,1H3. The lowest BCUT2D eigenvalue weighted by Gasteiger charge is -2.13. The van der Waals surface area contributed by atoms with E-state index in [2.05, 4.69) is 0 Å². The first-order valence-electron chi connectivity index (χ1n) is 5.13. The molecule has 0 aromatic heterocycles. The van der Waals surface area contributed by atoms with Gasteiger partial charge in [-0.15, -0.1) is 0 Å². The minimum absolute atomic E-state index is 0.00655. The fourth-order valence-electron chi connectivity index (χ4n) is 1.92. The molecule has 0 unspecified atom stereocenters. The second-order valence-corrected chi connectivity index (χ2v) is 3.63. The number of hydrogen-bond acceptors (Lipinski definition) is 4. The number of rotatable bonds is 3. The number of aromatic hydroxyl groups is 2. The molecule has 2 N–H and O–H groups in total. The topological polar surface area (TPSA) is 66.8 Å². The Balaban J connectivity index is 2.88. The van der Waals surface area contributed by atoms with Gasteiger partial charge in [-0.1, -0.05) is 24.3 Å². The normalized spacial score (nSPS) is 10.4. The van der Waals surface area contributed by atoms with Gasteiger partial charge in [-0.25, -0.2) is 0 Å². The largest absolute Gasteiger partial charge is 0.507 e. The van der Waals surface area contributed by atoms with Crippen LogP contribution in [0.4, 0.5) is 0 Å². The molecule has 4 nitrogen and oxygen atoms in total. The first kappa shape index (κ1) is 11.3. The molecule has 2 aromatic rings. The van der Waals surface area contributed by atoms with E-state index in [0.29, 0.717) is 22.6 Å². The molecule has 0 aliphatic rings. The van der Waals surface area contributed by atoms with Crippen LogP contribution in [0.5, 0.6) is 17.2 Å². The maximum atomic E-state index is 10.6. The van der Waals surface area contributed by atoms with Crippen LogP contribution in [0.1, 0.15) is 5.56 Å². The summed E-state index contributed by atoms with van der Waals surface area (Å²) in [6, 6.07) is 6.86. The van der Waals surface area contributed by atoms with Crippen LogP contribution in [0, 0.1) is 0 Å². The number of benzene rings is 2. The Morgan fingerprint density at radius 2 is 1.76 bits per heavy atom. The van der Waals surface area contributed by atoms with E-state index in [9.17, 15) is 15.0 Å². The Bertz CT molecular complexity index is 575. The lowest BCUT2D eigenvalue weighted by molar-refractivity contribution is -0.107. The second-order valence-electron chi connectivity index (χ2n) is 3.63. The van der Waals surface area contributed by atoms with Gasteiger partial charge in [0.15, 0.2) is 11.5 Å². The highest BCUT2D eigenvalue weighted by Crippen LogP contribution is 2.44. The molecule has 0 aliphatic carbocycles. The molecule has 0 radical (unpaired) electrons. The van der Waals surface area contributed by atoms with Gasteiger partial charge >= 0.3 is 0 Å². The Labute approximate surface area is 98.1 Å². The first-order chi connectivity index (χ1) is 8.20. The van der Waals surface area contributed by atoms with Crippen molar-refractivity contribution >= 4 is 17.1 Å². The van der Waals surface area contributed by atoms with Gasteiger partial charge in [-0.2, -0.15) is 0 Å². The average Bonchev–Trinajstić information content (AvgIpc) is 2.36. The van der Waals surface area contributed by atoms with Crippen molar-refractivity contribution in [2.45, 2.75) is 6.42 Å². The van der Waals surface area contributed by atoms with E-state index >= 15 is 0 Å². The number of phenols is 2. The fraction of sp³-hybridized carbons (Fsp3) is 0.154. The number of methoxy groups -OCH3 is 1. The van der Waals surface area contributed by atoms with Crippen molar-refractivity contribution < 1.29 is 19.7 Å². The smallest absolute Gasteiger partial charge is 0.168 e.